The first-order valence-electron chi connectivity index (χ1n) is 5.27. The van der Waals surface area contributed by atoms with Crippen LogP contribution in [0.25, 0.3) is 0 Å². The number of rotatable bonds is 3. The zero-order chi connectivity index (χ0) is 10.9. The molecule has 5 heteroatoms. The average Bonchev–Trinajstić information content (AvgIpc) is 2.62. The molecular formula is C10H15NO3S. The molecule has 1 saturated heterocycles. The molecule has 1 amide bonds. The molecule has 0 aromatic heterocycles. The van der Waals surface area contributed by atoms with Gasteiger partial charge in [0.25, 0.3) is 0 Å². The Balaban J connectivity index is 1.94. The van der Waals surface area contributed by atoms with E-state index in [1.807, 2.05) is 0 Å². The van der Waals surface area contributed by atoms with Crippen molar-refractivity contribution in [3.05, 3.63) is 0 Å². The molecule has 15 heavy (non-hydrogen) atoms. The van der Waals surface area contributed by atoms with E-state index in [0.717, 1.165) is 24.3 Å². The zero-order valence-electron chi connectivity index (χ0n) is 8.49. The van der Waals surface area contributed by atoms with E-state index in [1.54, 1.807) is 11.8 Å². The van der Waals surface area contributed by atoms with Gasteiger partial charge in [-0.2, -0.15) is 11.8 Å². The summed E-state index contributed by atoms with van der Waals surface area (Å²) in [6.45, 7) is 0. The van der Waals surface area contributed by atoms with Crippen LogP contribution >= 0.6 is 11.8 Å². The Morgan fingerprint density at radius 3 is 2.53 bits per heavy atom. The number of carbonyl (C=O) groups excluding carboxylic acids is 1. The molecule has 2 aliphatic rings. The van der Waals surface area contributed by atoms with Gasteiger partial charge in [0.05, 0.1) is 0 Å². The highest BCUT2D eigenvalue weighted by Crippen LogP contribution is 2.33. The molecule has 1 aliphatic carbocycles. The van der Waals surface area contributed by atoms with Gasteiger partial charge in [0.1, 0.15) is 5.54 Å². The molecule has 4 nitrogen and oxygen atoms in total. The first-order valence-corrected chi connectivity index (χ1v) is 6.43. The van der Waals surface area contributed by atoms with Crippen LogP contribution < -0.4 is 5.32 Å². The third-order valence-corrected chi connectivity index (χ3v) is 4.44. The van der Waals surface area contributed by atoms with Crippen molar-refractivity contribution in [2.45, 2.75) is 31.2 Å². The first kappa shape index (κ1) is 10.8. The molecule has 2 rings (SSSR count). The lowest BCUT2D eigenvalue weighted by Crippen LogP contribution is -2.60. The summed E-state index contributed by atoms with van der Waals surface area (Å²) in [7, 11) is 0. The SMILES string of the molecule is O=C(NC1(C(=O)O)CCC1)C1CCSC1. The molecular weight excluding hydrogens is 214 g/mol. The second kappa shape index (κ2) is 4.04. The summed E-state index contributed by atoms with van der Waals surface area (Å²) >= 11 is 1.76. The molecule has 1 aliphatic heterocycles. The summed E-state index contributed by atoms with van der Waals surface area (Å²) < 4.78 is 0. The molecule has 2 fully saturated rings. The fraction of sp³-hybridized carbons (Fsp3) is 0.800. The van der Waals surface area contributed by atoms with Gasteiger partial charge in [-0.15, -0.1) is 0 Å². The minimum Gasteiger partial charge on any atom is -0.480 e. The number of amides is 1. The molecule has 84 valence electrons. The van der Waals surface area contributed by atoms with E-state index in [0.29, 0.717) is 12.8 Å². The lowest BCUT2D eigenvalue weighted by molar-refractivity contribution is -0.152. The van der Waals surface area contributed by atoms with E-state index >= 15 is 0 Å². The minimum absolute atomic E-state index is 0.0202. The van der Waals surface area contributed by atoms with Crippen molar-refractivity contribution in [1.29, 1.82) is 0 Å². The highest BCUT2D eigenvalue weighted by atomic mass is 32.2. The number of hydrogen-bond acceptors (Lipinski definition) is 3. The molecule has 0 radical (unpaired) electrons. The third kappa shape index (κ3) is 1.97. The summed E-state index contributed by atoms with van der Waals surface area (Å²) in [6.07, 6.45) is 2.93. The second-order valence-electron chi connectivity index (χ2n) is 4.29. The Morgan fingerprint density at radius 2 is 2.13 bits per heavy atom. The molecule has 0 bridgehead atoms. The van der Waals surface area contributed by atoms with Crippen LogP contribution in [0.15, 0.2) is 0 Å². The van der Waals surface area contributed by atoms with Gasteiger partial charge in [-0.3, -0.25) is 4.79 Å². The number of carboxylic acid groups (broad SMARTS) is 1. The number of carbonyl (C=O) groups is 2. The Morgan fingerprint density at radius 1 is 1.40 bits per heavy atom. The van der Waals surface area contributed by atoms with Crippen molar-refractivity contribution in [1.82, 2.24) is 5.32 Å². The van der Waals surface area contributed by atoms with E-state index in [2.05, 4.69) is 5.32 Å². The highest BCUT2D eigenvalue weighted by molar-refractivity contribution is 7.99. The largest absolute Gasteiger partial charge is 0.480 e. The predicted octanol–water partition coefficient (Wildman–Crippen LogP) is 0.863. The Kier molecular flexibility index (Phi) is 2.91. The van der Waals surface area contributed by atoms with Crippen LogP contribution in [-0.2, 0) is 9.59 Å². The summed E-state index contributed by atoms with van der Waals surface area (Å²) in [4.78, 5) is 22.8. The van der Waals surface area contributed by atoms with Gasteiger partial charge < -0.3 is 10.4 Å². The van der Waals surface area contributed by atoms with Crippen LogP contribution in [-0.4, -0.2) is 34.0 Å². The molecule has 0 aromatic rings. The van der Waals surface area contributed by atoms with Crippen molar-refractivity contribution >= 4 is 23.6 Å². The fourth-order valence-corrected chi connectivity index (χ4v) is 3.22. The maximum Gasteiger partial charge on any atom is 0.329 e. The van der Waals surface area contributed by atoms with Crippen LogP contribution in [0.1, 0.15) is 25.7 Å². The third-order valence-electron chi connectivity index (χ3n) is 3.28. The molecule has 2 N–H and O–H groups in total. The van der Waals surface area contributed by atoms with E-state index in [4.69, 9.17) is 5.11 Å². The predicted molar refractivity (Wildman–Crippen MR) is 57.8 cm³/mol. The number of carboxylic acids is 1. The second-order valence-corrected chi connectivity index (χ2v) is 5.44. The molecule has 1 heterocycles. The van der Waals surface area contributed by atoms with Crippen LogP contribution in [0, 0.1) is 5.92 Å². The molecule has 1 saturated carbocycles. The molecule has 0 aromatic carbocycles. The average molecular weight is 229 g/mol. The van der Waals surface area contributed by atoms with Gasteiger partial charge in [0.2, 0.25) is 5.91 Å². The van der Waals surface area contributed by atoms with Crippen LogP contribution in [0.4, 0.5) is 0 Å². The standard InChI is InChI=1S/C10H15NO3S/c12-8(7-2-5-15-6-7)11-10(9(13)14)3-1-4-10/h7H,1-6H2,(H,11,12)(H,13,14). The number of nitrogens with one attached hydrogen (secondary N) is 1. The summed E-state index contributed by atoms with van der Waals surface area (Å²) in [5, 5.41) is 11.8. The maximum atomic E-state index is 11.8. The van der Waals surface area contributed by atoms with Crippen molar-refractivity contribution < 1.29 is 14.7 Å². The smallest absolute Gasteiger partial charge is 0.329 e. The van der Waals surface area contributed by atoms with Gasteiger partial charge >= 0.3 is 5.97 Å². The summed E-state index contributed by atoms with van der Waals surface area (Å²) in [6, 6.07) is 0. The van der Waals surface area contributed by atoms with E-state index in [-0.39, 0.29) is 11.8 Å². The highest BCUT2D eigenvalue weighted by Gasteiger charge is 2.46. The van der Waals surface area contributed by atoms with Crippen molar-refractivity contribution in [3.8, 4) is 0 Å². The normalized spacial score (nSPS) is 28.1. The van der Waals surface area contributed by atoms with E-state index < -0.39 is 11.5 Å². The lowest BCUT2D eigenvalue weighted by atomic mass is 9.76. The number of aliphatic carboxylic acids is 1. The van der Waals surface area contributed by atoms with Crippen molar-refractivity contribution in [3.63, 3.8) is 0 Å². The van der Waals surface area contributed by atoms with Crippen molar-refractivity contribution in [2.24, 2.45) is 5.92 Å². The monoisotopic (exact) mass is 229 g/mol. The van der Waals surface area contributed by atoms with Crippen LogP contribution in [0.5, 0.6) is 0 Å². The summed E-state index contributed by atoms with van der Waals surface area (Å²) in [5.74, 6) is 0.918. The first-order chi connectivity index (χ1) is 7.14. The Hall–Kier alpha value is -0.710. The molecule has 1 atom stereocenters. The molecule has 1 unspecified atom stereocenters. The van der Waals surface area contributed by atoms with E-state index in [9.17, 15) is 9.59 Å². The van der Waals surface area contributed by atoms with Crippen LogP contribution in [0.3, 0.4) is 0 Å². The number of hydrogen-bond donors (Lipinski definition) is 2. The molecule has 0 spiro atoms. The zero-order valence-corrected chi connectivity index (χ0v) is 9.31. The topological polar surface area (TPSA) is 66.4 Å². The minimum atomic E-state index is -0.940. The number of thioether (sulfide) groups is 1. The Labute approximate surface area is 92.8 Å². The van der Waals surface area contributed by atoms with Gasteiger partial charge in [-0.25, -0.2) is 4.79 Å². The van der Waals surface area contributed by atoms with E-state index in [1.165, 1.54) is 0 Å². The Bertz CT molecular complexity index is 282. The summed E-state index contributed by atoms with van der Waals surface area (Å²) in [5.41, 5.74) is -0.940. The van der Waals surface area contributed by atoms with Gasteiger partial charge in [0.15, 0.2) is 0 Å². The lowest BCUT2D eigenvalue weighted by Gasteiger charge is -2.38. The quantitative estimate of drug-likeness (QED) is 0.753. The fourth-order valence-electron chi connectivity index (χ4n) is 2.00. The maximum absolute atomic E-state index is 11.8. The van der Waals surface area contributed by atoms with Gasteiger partial charge in [-0.1, -0.05) is 0 Å². The van der Waals surface area contributed by atoms with Gasteiger partial charge in [0, 0.05) is 11.7 Å². The van der Waals surface area contributed by atoms with Crippen LogP contribution in [0.2, 0.25) is 0 Å². The van der Waals surface area contributed by atoms with Gasteiger partial charge in [-0.05, 0) is 31.4 Å². The van der Waals surface area contributed by atoms with Crippen molar-refractivity contribution in [2.75, 3.05) is 11.5 Å².